The second kappa shape index (κ2) is 7.28. The van der Waals surface area contributed by atoms with Gasteiger partial charge in [0.05, 0.1) is 5.02 Å². The number of carbonyl (C=O) groups is 1. The summed E-state index contributed by atoms with van der Waals surface area (Å²) in [4.78, 5) is 24.1. The minimum Gasteiger partial charge on any atom is -0.481 e. The lowest BCUT2D eigenvalue weighted by atomic mass is 10.0. The average Bonchev–Trinajstić information content (AvgIpc) is 3.47. The largest absolute Gasteiger partial charge is 0.481 e. The number of rotatable bonds is 5. The molecule has 7 heteroatoms. The van der Waals surface area contributed by atoms with Crippen LogP contribution in [0.2, 0.25) is 5.02 Å². The number of benzene rings is 2. The summed E-state index contributed by atoms with van der Waals surface area (Å²) >= 11 is 6.09. The van der Waals surface area contributed by atoms with E-state index in [2.05, 4.69) is 5.32 Å². The van der Waals surface area contributed by atoms with E-state index in [-0.39, 0.29) is 22.6 Å². The van der Waals surface area contributed by atoms with Crippen molar-refractivity contribution < 1.29 is 18.3 Å². The molecule has 1 fully saturated rings. The molecular formula is C21H17ClFNO4. The van der Waals surface area contributed by atoms with E-state index in [9.17, 15) is 14.0 Å². The summed E-state index contributed by atoms with van der Waals surface area (Å²) in [5.74, 6) is -0.378. The van der Waals surface area contributed by atoms with E-state index in [1.165, 1.54) is 24.3 Å². The van der Waals surface area contributed by atoms with Gasteiger partial charge in [-0.15, -0.1) is 0 Å². The third-order valence-corrected chi connectivity index (χ3v) is 4.95. The summed E-state index contributed by atoms with van der Waals surface area (Å²) < 4.78 is 24.8. The predicted molar refractivity (Wildman–Crippen MR) is 104 cm³/mol. The number of ether oxygens (including phenoxy) is 1. The van der Waals surface area contributed by atoms with Crippen LogP contribution in [0.3, 0.4) is 0 Å². The molecule has 4 rings (SSSR count). The summed E-state index contributed by atoms with van der Waals surface area (Å²) in [6, 6.07) is 10.8. The summed E-state index contributed by atoms with van der Waals surface area (Å²) in [5, 5.41) is 3.38. The number of halogens is 2. The average molecular weight is 402 g/mol. The van der Waals surface area contributed by atoms with Crippen molar-refractivity contribution in [3.63, 3.8) is 0 Å². The van der Waals surface area contributed by atoms with Gasteiger partial charge in [0, 0.05) is 34.7 Å². The van der Waals surface area contributed by atoms with Crippen LogP contribution >= 0.6 is 11.6 Å². The molecule has 5 nitrogen and oxygen atoms in total. The van der Waals surface area contributed by atoms with E-state index in [1.54, 1.807) is 25.1 Å². The molecule has 3 aromatic rings. The first-order valence-corrected chi connectivity index (χ1v) is 9.29. The van der Waals surface area contributed by atoms with Crippen LogP contribution < -0.4 is 15.7 Å². The van der Waals surface area contributed by atoms with E-state index in [1.807, 2.05) is 0 Å². The van der Waals surface area contributed by atoms with Gasteiger partial charge in [0.1, 0.15) is 17.1 Å². The molecule has 1 aliphatic rings. The molecule has 1 amide bonds. The van der Waals surface area contributed by atoms with Gasteiger partial charge in [0.25, 0.3) is 5.91 Å². The Kier molecular flexibility index (Phi) is 4.81. The molecule has 28 heavy (non-hydrogen) atoms. The van der Waals surface area contributed by atoms with E-state index in [0.29, 0.717) is 22.3 Å². The maximum absolute atomic E-state index is 13.9. The van der Waals surface area contributed by atoms with Gasteiger partial charge >= 0.3 is 5.63 Å². The van der Waals surface area contributed by atoms with Crippen LogP contribution in [-0.2, 0) is 4.79 Å². The van der Waals surface area contributed by atoms with Gasteiger partial charge in [-0.2, -0.15) is 0 Å². The van der Waals surface area contributed by atoms with E-state index in [4.69, 9.17) is 20.8 Å². The second-order valence-corrected chi connectivity index (χ2v) is 7.16. The highest BCUT2D eigenvalue weighted by molar-refractivity contribution is 6.33. The van der Waals surface area contributed by atoms with Crippen LogP contribution in [0.15, 0.2) is 51.7 Å². The number of nitrogens with one attached hydrogen (secondary N) is 1. The molecule has 2 aromatic carbocycles. The van der Waals surface area contributed by atoms with Gasteiger partial charge in [0.2, 0.25) is 0 Å². The maximum atomic E-state index is 13.9. The molecule has 1 heterocycles. The zero-order chi connectivity index (χ0) is 19.8. The van der Waals surface area contributed by atoms with Gasteiger partial charge in [-0.1, -0.05) is 23.7 Å². The van der Waals surface area contributed by atoms with Crippen LogP contribution in [0, 0.1) is 5.82 Å². The molecule has 1 aliphatic carbocycles. The molecule has 1 unspecified atom stereocenters. The zero-order valence-corrected chi connectivity index (χ0v) is 15.8. The standard InChI is InChI=1S/C21H17ClFNO4/c1-11(21(26)24-12-5-6-12)27-13-7-8-14-16(10-19(25)28-18(14)9-13)15-3-2-4-17(23)20(15)22/h2-4,7-12H,5-6H2,1H3,(H,24,26). The number of hydrogen-bond donors (Lipinski definition) is 1. The maximum Gasteiger partial charge on any atom is 0.336 e. The Bertz CT molecular complexity index is 1120. The third kappa shape index (κ3) is 3.73. The lowest BCUT2D eigenvalue weighted by Gasteiger charge is -2.15. The number of amides is 1. The quantitative estimate of drug-likeness (QED) is 0.647. The monoisotopic (exact) mass is 401 g/mol. The van der Waals surface area contributed by atoms with Gasteiger partial charge in [0.15, 0.2) is 6.10 Å². The Hall–Kier alpha value is -2.86. The number of fused-ring (bicyclic) bond motifs is 1. The van der Waals surface area contributed by atoms with Crippen molar-refractivity contribution in [2.75, 3.05) is 0 Å². The molecule has 1 aromatic heterocycles. The van der Waals surface area contributed by atoms with Gasteiger partial charge < -0.3 is 14.5 Å². The molecule has 0 saturated heterocycles. The molecule has 1 N–H and O–H groups in total. The Morgan fingerprint density at radius 3 is 2.79 bits per heavy atom. The van der Waals surface area contributed by atoms with Crippen LogP contribution in [0.4, 0.5) is 4.39 Å². The van der Waals surface area contributed by atoms with Crippen LogP contribution in [0.25, 0.3) is 22.1 Å². The second-order valence-electron chi connectivity index (χ2n) is 6.78. The molecule has 0 spiro atoms. The summed E-state index contributed by atoms with van der Waals surface area (Å²) in [5.41, 5.74) is 0.516. The lowest BCUT2D eigenvalue weighted by molar-refractivity contribution is -0.127. The Labute approximate surface area is 165 Å². The highest BCUT2D eigenvalue weighted by atomic mass is 35.5. The molecule has 1 atom stereocenters. The van der Waals surface area contributed by atoms with Gasteiger partial charge in [-0.25, -0.2) is 9.18 Å². The minimum absolute atomic E-state index is 0.0694. The van der Waals surface area contributed by atoms with Crippen molar-refractivity contribution in [3.05, 3.63) is 63.7 Å². The van der Waals surface area contributed by atoms with Crippen LogP contribution in [0.5, 0.6) is 5.75 Å². The number of carbonyl (C=O) groups excluding carboxylic acids is 1. The van der Waals surface area contributed by atoms with Crippen molar-refractivity contribution >= 4 is 28.5 Å². The SMILES string of the molecule is CC(Oc1ccc2c(-c3cccc(F)c3Cl)cc(=O)oc2c1)C(=O)NC1CC1. The minimum atomic E-state index is -0.689. The molecular weight excluding hydrogens is 385 g/mol. The van der Waals surface area contributed by atoms with Crippen molar-refractivity contribution in [2.45, 2.75) is 31.9 Å². The Morgan fingerprint density at radius 2 is 2.04 bits per heavy atom. The highest BCUT2D eigenvalue weighted by Crippen LogP contribution is 2.35. The highest BCUT2D eigenvalue weighted by Gasteiger charge is 2.26. The van der Waals surface area contributed by atoms with Crippen molar-refractivity contribution in [1.29, 1.82) is 0 Å². The van der Waals surface area contributed by atoms with Crippen LogP contribution in [-0.4, -0.2) is 18.1 Å². The van der Waals surface area contributed by atoms with Crippen molar-refractivity contribution in [2.24, 2.45) is 0 Å². The molecule has 0 bridgehead atoms. The normalized spacial score (nSPS) is 14.7. The molecule has 1 saturated carbocycles. The topological polar surface area (TPSA) is 68.5 Å². The van der Waals surface area contributed by atoms with E-state index in [0.717, 1.165) is 12.8 Å². The summed E-state index contributed by atoms with van der Waals surface area (Å²) in [6.45, 7) is 1.65. The third-order valence-electron chi connectivity index (χ3n) is 4.56. The van der Waals surface area contributed by atoms with Gasteiger partial charge in [-0.3, -0.25) is 4.79 Å². The van der Waals surface area contributed by atoms with Crippen molar-refractivity contribution in [3.8, 4) is 16.9 Å². The Morgan fingerprint density at radius 1 is 1.25 bits per heavy atom. The summed E-state index contributed by atoms with van der Waals surface area (Å²) in [6.07, 6.45) is 1.29. The first-order valence-electron chi connectivity index (χ1n) is 8.91. The first-order chi connectivity index (χ1) is 13.4. The zero-order valence-electron chi connectivity index (χ0n) is 15.0. The summed E-state index contributed by atoms with van der Waals surface area (Å²) in [7, 11) is 0. The Balaban J connectivity index is 1.69. The van der Waals surface area contributed by atoms with Crippen molar-refractivity contribution in [1.82, 2.24) is 5.32 Å². The van der Waals surface area contributed by atoms with Crippen LogP contribution in [0.1, 0.15) is 19.8 Å². The fraction of sp³-hybridized carbons (Fsp3) is 0.238. The first kappa shape index (κ1) is 18.5. The molecule has 0 aliphatic heterocycles. The van der Waals surface area contributed by atoms with E-state index >= 15 is 0 Å². The van der Waals surface area contributed by atoms with E-state index < -0.39 is 17.5 Å². The lowest BCUT2D eigenvalue weighted by Crippen LogP contribution is -2.37. The fourth-order valence-corrected chi connectivity index (χ4v) is 3.18. The number of hydrogen-bond acceptors (Lipinski definition) is 4. The fourth-order valence-electron chi connectivity index (χ4n) is 2.95. The molecule has 144 valence electrons. The smallest absolute Gasteiger partial charge is 0.336 e. The van der Waals surface area contributed by atoms with Gasteiger partial charge in [-0.05, 0) is 38.0 Å². The molecule has 0 radical (unpaired) electrons. The predicted octanol–water partition coefficient (Wildman–Crippen LogP) is 4.30.